The van der Waals surface area contributed by atoms with Crippen LogP contribution in [0.15, 0.2) is 0 Å². The van der Waals surface area contributed by atoms with Crippen LogP contribution < -0.4 is 5.32 Å². The number of carbonyl (C=O) groups is 2. The highest BCUT2D eigenvalue weighted by Crippen LogP contribution is 2.21. The van der Waals surface area contributed by atoms with Crippen molar-refractivity contribution in [3.63, 3.8) is 0 Å². The molecule has 1 saturated heterocycles. The van der Waals surface area contributed by atoms with E-state index in [9.17, 15) is 9.59 Å². The fraction of sp³-hybridized carbons (Fsp3) is 0.882. The topological polar surface area (TPSA) is 49.4 Å². The maximum atomic E-state index is 12.9. The second kappa shape index (κ2) is 9.06. The van der Waals surface area contributed by atoms with Crippen LogP contribution in [0.1, 0.15) is 72.6 Å². The first-order valence-corrected chi connectivity index (χ1v) is 8.64. The van der Waals surface area contributed by atoms with Gasteiger partial charge in [-0.15, -0.1) is 0 Å². The quantitative estimate of drug-likeness (QED) is 0.748. The maximum absolute atomic E-state index is 12.9. The highest BCUT2D eigenvalue weighted by Gasteiger charge is 2.35. The van der Waals surface area contributed by atoms with Crippen LogP contribution >= 0.6 is 0 Å². The molecule has 1 N–H and O–H groups in total. The predicted molar refractivity (Wildman–Crippen MR) is 85.9 cm³/mol. The van der Waals surface area contributed by atoms with Gasteiger partial charge in [0.05, 0.1) is 0 Å². The van der Waals surface area contributed by atoms with E-state index in [1.165, 1.54) is 0 Å². The zero-order chi connectivity index (χ0) is 15.8. The molecule has 1 fully saturated rings. The van der Waals surface area contributed by atoms with Crippen LogP contribution in [-0.2, 0) is 9.59 Å². The first-order valence-electron chi connectivity index (χ1n) is 8.64. The standard InChI is InChI=1S/C17H32N2O2/c1-5-8-10-14(9-6-2)19-12-11-15(20)18-16(17(19)21)13(4)7-3/h13-14,16H,5-12H2,1-4H3,(H,18,20). The molecule has 4 heteroatoms. The van der Waals surface area contributed by atoms with Crippen molar-refractivity contribution in [3.8, 4) is 0 Å². The van der Waals surface area contributed by atoms with E-state index in [0.29, 0.717) is 19.0 Å². The molecule has 1 rings (SSSR count). The molecule has 0 bridgehead atoms. The van der Waals surface area contributed by atoms with Crippen molar-refractivity contribution in [3.05, 3.63) is 0 Å². The van der Waals surface area contributed by atoms with Gasteiger partial charge in [0.2, 0.25) is 11.8 Å². The number of carbonyl (C=O) groups excluding carboxylic acids is 2. The van der Waals surface area contributed by atoms with Crippen LogP contribution in [0.4, 0.5) is 0 Å². The van der Waals surface area contributed by atoms with Crippen molar-refractivity contribution in [2.75, 3.05) is 6.54 Å². The molecule has 1 heterocycles. The summed E-state index contributed by atoms with van der Waals surface area (Å²) >= 11 is 0. The van der Waals surface area contributed by atoms with E-state index < -0.39 is 0 Å². The van der Waals surface area contributed by atoms with Crippen molar-refractivity contribution in [2.45, 2.75) is 84.7 Å². The lowest BCUT2D eigenvalue weighted by Gasteiger charge is -2.34. The Bertz CT molecular complexity index is 344. The zero-order valence-electron chi connectivity index (χ0n) is 14.2. The highest BCUT2D eigenvalue weighted by atomic mass is 16.2. The Hall–Kier alpha value is -1.06. The number of hydrogen-bond donors (Lipinski definition) is 1. The smallest absolute Gasteiger partial charge is 0.245 e. The van der Waals surface area contributed by atoms with Crippen molar-refractivity contribution in [1.82, 2.24) is 10.2 Å². The fourth-order valence-corrected chi connectivity index (χ4v) is 3.03. The molecule has 0 aliphatic carbocycles. The lowest BCUT2D eigenvalue weighted by Crippen LogP contribution is -2.51. The van der Waals surface area contributed by atoms with Crippen molar-refractivity contribution in [1.29, 1.82) is 0 Å². The van der Waals surface area contributed by atoms with E-state index >= 15 is 0 Å². The van der Waals surface area contributed by atoms with Gasteiger partial charge in [-0.05, 0) is 18.8 Å². The first-order chi connectivity index (χ1) is 10.0. The van der Waals surface area contributed by atoms with Crippen molar-refractivity contribution >= 4 is 11.8 Å². The number of hydrogen-bond acceptors (Lipinski definition) is 2. The Morgan fingerprint density at radius 1 is 1.19 bits per heavy atom. The van der Waals surface area contributed by atoms with Crippen LogP contribution in [0.2, 0.25) is 0 Å². The molecule has 0 aromatic rings. The molecule has 0 saturated carbocycles. The number of amides is 2. The molecular formula is C17H32N2O2. The number of nitrogens with zero attached hydrogens (tertiary/aromatic N) is 1. The van der Waals surface area contributed by atoms with E-state index in [-0.39, 0.29) is 23.8 Å². The van der Waals surface area contributed by atoms with Gasteiger partial charge in [0.15, 0.2) is 0 Å². The van der Waals surface area contributed by atoms with E-state index in [2.05, 4.69) is 26.1 Å². The fourth-order valence-electron chi connectivity index (χ4n) is 3.03. The van der Waals surface area contributed by atoms with Gasteiger partial charge in [-0.3, -0.25) is 9.59 Å². The van der Waals surface area contributed by atoms with Gasteiger partial charge < -0.3 is 10.2 Å². The van der Waals surface area contributed by atoms with Gasteiger partial charge in [-0.2, -0.15) is 0 Å². The molecule has 21 heavy (non-hydrogen) atoms. The van der Waals surface area contributed by atoms with Crippen molar-refractivity contribution < 1.29 is 9.59 Å². The summed E-state index contributed by atoms with van der Waals surface area (Å²) in [7, 11) is 0. The average Bonchev–Trinajstić information content (AvgIpc) is 2.62. The maximum Gasteiger partial charge on any atom is 0.245 e. The lowest BCUT2D eigenvalue weighted by atomic mass is 9.96. The Morgan fingerprint density at radius 2 is 1.90 bits per heavy atom. The number of nitrogens with one attached hydrogen (secondary N) is 1. The summed E-state index contributed by atoms with van der Waals surface area (Å²) < 4.78 is 0. The summed E-state index contributed by atoms with van der Waals surface area (Å²) in [6.45, 7) is 9.04. The monoisotopic (exact) mass is 296 g/mol. The molecule has 0 aromatic heterocycles. The lowest BCUT2D eigenvalue weighted by molar-refractivity contribution is -0.137. The van der Waals surface area contributed by atoms with Gasteiger partial charge in [0, 0.05) is 19.0 Å². The van der Waals surface area contributed by atoms with E-state index in [4.69, 9.17) is 0 Å². The molecular weight excluding hydrogens is 264 g/mol. The van der Waals surface area contributed by atoms with Gasteiger partial charge in [0.1, 0.15) is 6.04 Å². The average molecular weight is 296 g/mol. The molecule has 1 aliphatic heterocycles. The minimum Gasteiger partial charge on any atom is -0.344 e. The Balaban J connectivity index is 2.90. The Kier molecular flexibility index (Phi) is 7.76. The first kappa shape index (κ1) is 18.0. The summed E-state index contributed by atoms with van der Waals surface area (Å²) in [6.07, 6.45) is 6.79. The van der Waals surface area contributed by atoms with Gasteiger partial charge in [-0.25, -0.2) is 0 Å². The minimum atomic E-state index is -0.342. The molecule has 3 atom stereocenters. The molecule has 122 valence electrons. The third-order valence-corrected chi connectivity index (χ3v) is 4.61. The summed E-state index contributed by atoms with van der Waals surface area (Å²) in [5.41, 5.74) is 0. The second-order valence-corrected chi connectivity index (χ2v) is 6.30. The summed E-state index contributed by atoms with van der Waals surface area (Å²) in [5, 5.41) is 2.93. The predicted octanol–water partition coefficient (Wildman–Crippen LogP) is 3.11. The van der Waals surface area contributed by atoms with Crippen LogP contribution in [-0.4, -0.2) is 35.3 Å². The Morgan fingerprint density at radius 3 is 2.48 bits per heavy atom. The summed E-state index contributed by atoms with van der Waals surface area (Å²) in [6, 6.07) is -0.0484. The SMILES string of the molecule is CCCCC(CCC)N1CCC(=O)NC(C(C)CC)C1=O. The van der Waals surface area contributed by atoms with Gasteiger partial charge >= 0.3 is 0 Å². The Labute approximate surface area is 129 Å². The third-order valence-electron chi connectivity index (χ3n) is 4.61. The number of rotatable bonds is 8. The zero-order valence-corrected chi connectivity index (χ0v) is 14.2. The largest absolute Gasteiger partial charge is 0.344 e. The van der Waals surface area contributed by atoms with E-state index in [0.717, 1.165) is 38.5 Å². The summed E-state index contributed by atoms with van der Waals surface area (Å²) in [5.74, 6) is 0.335. The normalized spacial score (nSPS) is 22.7. The van der Waals surface area contributed by atoms with Gasteiger partial charge in [0.25, 0.3) is 0 Å². The van der Waals surface area contributed by atoms with Crippen LogP contribution in [0.5, 0.6) is 0 Å². The minimum absolute atomic E-state index is 0.0156. The van der Waals surface area contributed by atoms with Gasteiger partial charge in [-0.1, -0.05) is 53.4 Å². The van der Waals surface area contributed by atoms with E-state index in [1.54, 1.807) is 0 Å². The van der Waals surface area contributed by atoms with E-state index in [1.807, 2.05) is 11.8 Å². The van der Waals surface area contributed by atoms with Crippen LogP contribution in [0.3, 0.4) is 0 Å². The summed E-state index contributed by atoms with van der Waals surface area (Å²) in [4.78, 5) is 26.8. The molecule has 4 nitrogen and oxygen atoms in total. The molecule has 2 amide bonds. The third kappa shape index (κ3) is 5.01. The van der Waals surface area contributed by atoms with Crippen LogP contribution in [0, 0.1) is 5.92 Å². The van der Waals surface area contributed by atoms with Crippen molar-refractivity contribution in [2.24, 2.45) is 5.92 Å². The second-order valence-electron chi connectivity index (χ2n) is 6.30. The molecule has 0 aromatic carbocycles. The molecule has 1 aliphatic rings. The molecule has 0 radical (unpaired) electrons. The highest BCUT2D eigenvalue weighted by molar-refractivity contribution is 5.90. The molecule has 3 unspecified atom stereocenters. The molecule has 0 spiro atoms. The van der Waals surface area contributed by atoms with Crippen LogP contribution in [0.25, 0.3) is 0 Å². The number of unbranched alkanes of at least 4 members (excludes halogenated alkanes) is 1.